The van der Waals surface area contributed by atoms with Gasteiger partial charge in [-0.1, -0.05) is 23.7 Å². The van der Waals surface area contributed by atoms with Gasteiger partial charge in [-0.15, -0.1) is 0 Å². The maximum absolute atomic E-state index is 13.2. The molecule has 0 saturated heterocycles. The Kier molecular flexibility index (Phi) is 7.27. The molecule has 0 bridgehead atoms. The molecular formula is C26H25ClN2O4. The SMILES string of the molecule is COc1ccc(-c2nc3ccccc3c(=O)n2CCOCCOc2ccc(Cl)c(C)c2)cc1. The number of para-hydroxylation sites is 1. The number of aryl methyl sites for hydroxylation is 1. The summed E-state index contributed by atoms with van der Waals surface area (Å²) in [6.45, 7) is 3.46. The zero-order valence-electron chi connectivity index (χ0n) is 18.6. The molecule has 0 spiro atoms. The van der Waals surface area contributed by atoms with Crippen LogP contribution in [0.3, 0.4) is 0 Å². The monoisotopic (exact) mass is 464 g/mol. The van der Waals surface area contributed by atoms with Crippen LogP contribution in [0.4, 0.5) is 0 Å². The molecule has 0 amide bonds. The van der Waals surface area contributed by atoms with Gasteiger partial charge in [0.1, 0.15) is 23.9 Å². The van der Waals surface area contributed by atoms with Crippen molar-refractivity contribution in [2.75, 3.05) is 26.9 Å². The van der Waals surface area contributed by atoms with E-state index >= 15 is 0 Å². The van der Waals surface area contributed by atoms with Crippen LogP contribution in [0.1, 0.15) is 5.56 Å². The van der Waals surface area contributed by atoms with Crippen LogP contribution < -0.4 is 15.0 Å². The van der Waals surface area contributed by atoms with Crippen molar-refractivity contribution in [3.63, 3.8) is 0 Å². The summed E-state index contributed by atoms with van der Waals surface area (Å²) < 4.78 is 18.4. The quantitative estimate of drug-likeness (QED) is 0.321. The smallest absolute Gasteiger partial charge is 0.261 e. The highest BCUT2D eigenvalue weighted by atomic mass is 35.5. The first kappa shape index (κ1) is 22.8. The first-order valence-electron chi connectivity index (χ1n) is 10.7. The Morgan fingerprint density at radius 2 is 1.70 bits per heavy atom. The van der Waals surface area contributed by atoms with Crippen LogP contribution in [0.5, 0.6) is 11.5 Å². The van der Waals surface area contributed by atoms with Gasteiger partial charge in [0, 0.05) is 10.6 Å². The average Bonchev–Trinajstić information content (AvgIpc) is 2.84. The highest BCUT2D eigenvalue weighted by Crippen LogP contribution is 2.22. The number of methoxy groups -OCH3 is 1. The second-order valence-electron chi connectivity index (χ2n) is 7.51. The zero-order valence-corrected chi connectivity index (χ0v) is 19.3. The van der Waals surface area contributed by atoms with Crippen molar-refractivity contribution in [1.29, 1.82) is 0 Å². The van der Waals surface area contributed by atoms with Gasteiger partial charge >= 0.3 is 0 Å². The van der Waals surface area contributed by atoms with Crippen molar-refractivity contribution in [2.24, 2.45) is 0 Å². The molecule has 4 rings (SSSR count). The van der Waals surface area contributed by atoms with Gasteiger partial charge in [0.25, 0.3) is 5.56 Å². The summed E-state index contributed by atoms with van der Waals surface area (Å²) in [6, 6.07) is 20.4. The lowest BCUT2D eigenvalue weighted by atomic mass is 10.1. The molecule has 0 saturated carbocycles. The van der Waals surface area contributed by atoms with Crippen molar-refractivity contribution in [2.45, 2.75) is 13.5 Å². The Morgan fingerprint density at radius 3 is 2.45 bits per heavy atom. The number of nitrogens with zero attached hydrogens (tertiary/aromatic N) is 2. The molecule has 6 nitrogen and oxygen atoms in total. The molecule has 4 aromatic rings. The van der Waals surface area contributed by atoms with Gasteiger partial charge in [-0.05, 0) is 67.1 Å². The first-order chi connectivity index (χ1) is 16.1. The van der Waals surface area contributed by atoms with Crippen molar-refractivity contribution in [3.05, 3.63) is 87.7 Å². The first-order valence-corrected chi connectivity index (χ1v) is 11.1. The van der Waals surface area contributed by atoms with Gasteiger partial charge in [0.15, 0.2) is 0 Å². The average molecular weight is 465 g/mol. The minimum atomic E-state index is -0.0945. The molecule has 7 heteroatoms. The predicted octanol–water partition coefficient (Wildman–Crippen LogP) is 5.13. The van der Waals surface area contributed by atoms with E-state index in [-0.39, 0.29) is 5.56 Å². The van der Waals surface area contributed by atoms with Crippen molar-refractivity contribution in [1.82, 2.24) is 9.55 Å². The van der Waals surface area contributed by atoms with E-state index in [9.17, 15) is 4.79 Å². The summed E-state index contributed by atoms with van der Waals surface area (Å²) >= 11 is 6.04. The molecule has 0 fully saturated rings. The van der Waals surface area contributed by atoms with E-state index in [0.29, 0.717) is 48.1 Å². The minimum absolute atomic E-state index is 0.0945. The summed E-state index contributed by atoms with van der Waals surface area (Å²) in [7, 11) is 1.62. The van der Waals surface area contributed by atoms with Crippen LogP contribution in [0.25, 0.3) is 22.3 Å². The van der Waals surface area contributed by atoms with E-state index < -0.39 is 0 Å². The molecule has 170 valence electrons. The third-order valence-electron chi connectivity index (χ3n) is 5.29. The molecule has 0 N–H and O–H groups in total. The summed E-state index contributed by atoms with van der Waals surface area (Å²) in [5.41, 5.74) is 2.37. The number of halogens is 1. The lowest BCUT2D eigenvalue weighted by Crippen LogP contribution is -2.26. The highest BCUT2D eigenvalue weighted by molar-refractivity contribution is 6.31. The third kappa shape index (κ3) is 5.35. The number of hydrogen-bond donors (Lipinski definition) is 0. The Hall–Kier alpha value is -3.35. The summed E-state index contributed by atoms with van der Waals surface area (Å²) in [5.74, 6) is 2.09. The lowest BCUT2D eigenvalue weighted by Gasteiger charge is -2.14. The molecule has 0 aliphatic heterocycles. The van der Waals surface area contributed by atoms with Crippen LogP contribution in [-0.4, -0.2) is 36.5 Å². The second-order valence-corrected chi connectivity index (χ2v) is 7.92. The Bertz CT molecular complexity index is 1300. The number of fused-ring (bicyclic) bond motifs is 1. The molecular weight excluding hydrogens is 440 g/mol. The van der Waals surface area contributed by atoms with E-state index in [1.165, 1.54) is 0 Å². The normalized spacial score (nSPS) is 11.0. The molecule has 1 aromatic heterocycles. The number of aromatic nitrogens is 2. The predicted molar refractivity (Wildman–Crippen MR) is 130 cm³/mol. The molecule has 33 heavy (non-hydrogen) atoms. The van der Waals surface area contributed by atoms with E-state index in [2.05, 4.69) is 0 Å². The number of rotatable bonds is 9. The van der Waals surface area contributed by atoms with Crippen molar-refractivity contribution < 1.29 is 14.2 Å². The van der Waals surface area contributed by atoms with E-state index in [4.69, 9.17) is 30.8 Å². The third-order valence-corrected chi connectivity index (χ3v) is 5.72. The zero-order chi connectivity index (χ0) is 23.2. The van der Waals surface area contributed by atoms with Crippen LogP contribution in [-0.2, 0) is 11.3 Å². The summed E-state index contributed by atoms with van der Waals surface area (Å²) in [4.78, 5) is 18.0. The van der Waals surface area contributed by atoms with Crippen molar-refractivity contribution >= 4 is 22.5 Å². The largest absolute Gasteiger partial charge is 0.497 e. The summed E-state index contributed by atoms with van der Waals surface area (Å²) in [6.07, 6.45) is 0. The maximum atomic E-state index is 13.2. The Labute approximate surface area is 197 Å². The van der Waals surface area contributed by atoms with E-state index in [1.54, 1.807) is 17.7 Å². The Morgan fingerprint density at radius 1 is 0.939 bits per heavy atom. The number of benzene rings is 3. The maximum Gasteiger partial charge on any atom is 0.261 e. The van der Waals surface area contributed by atoms with Gasteiger partial charge in [0.05, 0.1) is 37.8 Å². The number of hydrogen-bond acceptors (Lipinski definition) is 5. The van der Waals surface area contributed by atoms with E-state index in [1.807, 2.05) is 67.6 Å². The molecule has 0 aliphatic rings. The molecule has 3 aromatic carbocycles. The molecule has 0 aliphatic carbocycles. The van der Waals surface area contributed by atoms with Crippen molar-refractivity contribution in [3.8, 4) is 22.9 Å². The molecule has 0 unspecified atom stereocenters. The van der Waals surface area contributed by atoms with Gasteiger partial charge < -0.3 is 14.2 Å². The van der Waals surface area contributed by atoms with Crippen LogP contribution in [0.2, 0.25) is 5.02 Å². The molecule has 0 atom stereocenters. The lowest BCUT2D eigenvalue weighted by molar-refractivity contribution is 0.0940. The van der Waals surface area contributed by atoms with Crippen LogP contribution in [0, 0.1) is 6.92 Å². The Balaban J connectivity index is 1.46. The second kappa shape index (κ2) is 10.5. The fourth-order valence-corrected chi connectivity index (χ4v) is 3.64. The minimum Gasteiger partial charge on any atom is -0.497 e. The van der Waals surface area contributed by atoms with Gasteiger partial charge in [-0.25, -0.2) is 4.98 Å². The number of ether oxygens (including phenoxy) is 3. The van der Waals surface area contributed by atoms with Crippen LogP contribution >= 0.6 is 11.6 Å². The fourth-order valence-electron chi connectivity index (χ4n) is 3.52. The topological polar surface area (TPSA) is 62.6 Å². The standard InChI is InChI=1S/C26H25ClN2O4/c1-18-17-21(11-12-23(18)27)33-16-15-32-14-13-29-25(19-7-9-20(31-2)10-8-19)28-24-6-4-3-5-22(24)26(29)30/h3-12,17H,13-16H2,1-2H3. The van der Waals surface area contributed by atoms with Gasteiger partial charge in [0.2, 0.25) is 0 Å². The van der Waals surface area contributed by atoms with Gasteiger partial charge in [-0.2, -0.15) is 0 Å². The summed E-state index contributed by atoms with van der Waals surface area (Å²) in [5, 5.41) is 1.29. The van der Waals surface area contributed by atoms with Gasteiger partial charge in [-0.3, -0.25) is 9.36 Å². The molecule has 1 heterocycles. The van der Waals surface area contributed by atoms with Crippen LogP contribution in [0.15, 0.2) is 71.5 Å². The highest BCUT2D eigenvalue weighted by Gasteiger charge is 2.13. The fraction of sp³-hybridized carbons (Fsp3) is 0.231. The van der Waals surface area contributed by atoms with E-state index in [0.717, 1.165) is 22.6 Å². The molecule has 0 radical (unpaired) electrons.